The smallest absolute Gasteiger partial charge is 0.261 e. The number of hydrogen-bond acceptors (Lipinski definition) is 5. The van der Waals surface area contributed by atoms with Gasteiger partial charge < -0.3 is 0 Å². The van der Waals surface area contributed by atoms with E-state index >= 15 is 0 Å². The number of carbonyl (C=O) groups excluding carboxylic acids is 1. The van der Waals surface area contributed by atoms with Crippen LogP contribution in [0.5, 0.6) is 0 Å². The van der Waals surface area contributed by atoms with Crippen LogP contribution in [0.2, 0.25) is 0 Å². The molecule has 0 saturated carbocycles. The van der Waals surface area contributed by atoms with Crippen molar-refractivity contribution >= 4 is 38.1 Å². The van der Waals surface area contributed by atoms with E-state index in [4.69, 9.17) is 0 Å². The summed E-state index contributed by atoms with van der Waals surface area (Å²) in [5.74, 6) is -0.331. The van der Waals surface area contributed by atoms with Crippen molar-refractivity contribution in [3.8, 4) is 0 Å². The lowest BCUT2D eigenvalue weighted by Crippen LogP contribution is -2.14. The minimum Gasteiger partial charge on any atom is -0.298 e. The molecule has 0 aliphatic rings. The molecule has 27 heavy (non-hydrogen) atoms. The van der Waals surface area contributed by atoms with Crippen LogP contribution in [0.4, 0.5) is 10.8 Å². The molecule has 3 aromatic rings. The second-order valence-corrected chi connectivity index (χ2v) is 8.49. The summed E-state index contributed by atoms with van der Waals surface area (Å²) in [7, 11) is -3.72. The van der Waals surface area contributed by atoms with Crippen molar-refractivity contribution in [2.24, 2.45) is 0 Å². The highest BCUT2D eigenvalue weighted by atomic mass is 32.2. The lowest BCUT2D eigenvalue weighted by atomic mass is 10.2. The topological polar surface area (TPSA) is 88.2 Å². The van der Waals surface area contributed by atoms with Crippen LogP contribution in [-0.4, -0.2) is 19.3 Å². The van der Waals surface area contributed by atoms with Crippen LogP contribution in [0.1, 0.15) is 28.5 Å². The molecule has 0 saturated heterocycles. The van der Waals surface area contributed by atoms with Gasteiger partial charge in [-0.2, -0.15) is 0 Å². The zero-order chi connectivity index (χ0) is 19.4. The highest BCUT2D eigenvalue weighted by molar-refractivity contribution is 7.92. The lowest BCUT2D eigenvalue weighted by molar-refractivity contribution is 0.102. The van der Waals surface area contributed by atoms with E-state index in [0.29, 0.717) is 16.4 Å². The fourth-order valence-electron chi connectivity index (χ4n) is 2.32. The van der Waals surface area contributed by atoms with Crippen molar-refractivity contribution in [3.63, 3.8) is 0 Å². The Bertz CT molecular complexity index is 1040. The molecular weight excluding hydrogens is 382 g/mol. The van der Waals surface area contributed by atoms with Gasteiger partial charge in [0.25, 0.3) is 15.9 Å². The standard InChI is InChI=1S/C19H19N3O3S2/c1-3-15-12-26-19(20-15)21-18(23)14-6-10-17(11-7-14)27(24,25)22-16-8-4-13(2)5-9-16/h4-12,22H,3H2,1-2H3,(H,20,21,23). The molecule has 140 valence electrons. The molecule has 0 aliphatic heterocycles. The second kappa shape index (κ2) is 7.89. The quantitative estimate of drug-likeness (QED) is 0.652. The summed E-state index contributed by atoms with van der Waals surface area (Å²) < 4.78 is 27.5. The molecule has 0 radical (unpaired) electrons. The summed E-state index contributed by atoms with van der Waals surface area (Å²) in [5.41, 5.74) is 2.80. The first kappa shape index (κ1) is 19.1. The van der Waals surface area contributed by atoms with Crippen LogP contribution in [0.25, 0.3) is 0 Å². The van der Waals surface area contributed by atoms with Gasteiger partial charge in [-0.3, -0.25) is 14.8 Å². The summed E-state index contributed by atoms with van der Waals surface area (Å²) >= 11 is 1.36. The minimum atomic E-state index is -3.72. The maximum Gasteiger partial charge on any atom is 0.261 e. The van der Waals surface area contributed by atoms with Crippen molar-refractivity contribution in [2.45, 2.75) is 25.2 Å². The zero-order valence-electron chi connectivity index (χ0n) is 14.9. The molecule has 8 heteroatoms. The molecule has 0 aliphatic carbocycles. The summed E-state index contributed by atoms with van der Waals surface area (Å²) in [6.07, 6.45) is 0.799. The monoisotopic (exact) mass is 401 g/mol. The fraction of sp³-hybridized carbons (Fsp3) is 0.158. The third-order valence-corrected chi connectivity index (χ3v) is 6.07. The Balaban J connectivity index is 1.71. The number of carbonyl (C=O) groups is 1. The number of amides is 1. The third kappa shape index (κ3) is 4.72. The first-order valence-electron chi connectivity index (χ1n) is 8.32. The van der Waals surface area contributed by atoms with Crippen LogP contribution >= 0.6 is 11.3 Å². The molecule has 2 aromatic carbocycles. The molecule has 0 spiro atoms. The molecule has 0 fully saturated rings. The number of rotatable bonds is 6. The number of hydrogen-bond donors (Lipinski definition) is 2. The highest BCUT2D eigenvalue weighted by Crippen LogP contribution is 2.19. The van der Waals surface area contributed by atoms with Crippen LogP contribution in [0.15, 0.2) is 58.8 Å². The van der Waals surface area contributed by atoms with Crippen molar-refractivity contribution in [1.82, 2.24) is 4.98 Å². The molecule has 6 nitrogen and oxygen atoms in total. The Morgan fingerprint density at radius 2 is 1.74 bits per heavy atom. The molecular formula is C19H19N3O3S2. The van der Waals surface area contributed by atoms with E-state index in [2.05, 4.69) is 15.0 Å². The molecule has 0 bridgehead atoms. The van der Waals surface area contributed by atoms with Gasteiger partial charge in [0.15, 0.2) is 5.13 Å². The number of nitrogens with one attached hydrogen (secondary N) is 2. The van der Waals surface area contributed by atoms with E-state index in [9.17, 15) is 13.2 Å². The Morgan fingerprint density at radius 3 is 2.33 bits per heavy atom. The maximum atomic E-state index is 12.5. The molecule has 0 atom stereocenters. The number of sulfonamides is 1. The number of benzene rings is 2. The van der Waals surface area contributed by atoms with Crippen molar-refractivity contribution in [2.75, 3.05) is 10.0 Å². The van der Waals surface area contributed by atoms with E-state index in [0.717, 1.165) is 17.7 Å². The van der Waals surface area contributed by atoms with Gasteiger partial charge in [0.05, 0.1) is 10.6 Å². The molecule has 1 heterocycles. The summed E-state index contributed by atoms with van der Waals surface area (Å²) in [6, 6.07) is 12.8. The minimum absolute atomic E-state index is 0.0853. The number of aryl methyl sites for hydroxylation is 2. The molecule has 2 N–H and O–H groups in total. The number of anilines is 2. The SMILES string of the molecule is CCc1csc(NC(=O)c2ccc(S(=O)(=O)Nc3ccc(C)cc3)cc2)n1. The van der Waals surface area contributed by atoms with E-state index < -0.39 is 10.0 Å². The Hall–Kier alpha value is -2.71. The first-order valence-corrected chi connectivity index (χ1v) is 10.7. The van der Waals surface area contributed by atoms with Gasteiger partial charge in [-0.25, -0.2) is 13.4 Å². The second-order valence-electron chi connectivity index (χ2n) is 5.95. The average Bonchev–Trinajstić information content (AvgIpc) is 3.11. The van der Waals surface area contributed by atoms with Gasteiger partial charge in [-0.1, -0.05) is 24.6 Å². The molecule has 1 aromatic heterocycles. The number of nitrogens with zero attached hydrogens (tertiary/aromatic N) is 1. The summed E-state index contributed by atoms with van der Waals surface area (Å²) in [4.78, 5) is 16.7. The van der Waals surface area contributed by atoms with Crippen molar-refractivity contribution in [1.29, 1.82) is 0 Å². The van der Waals surface area contributed by atoms with Crippen LogP contribution in [0.3, 0.4) is 0 Å². The Morgan fingerprint density at radius 1 is 1.07 bits per heavy atom. The molecule has 1 amide bonds. The first-order chi connectivity index (χ1) is 12.9. The number of aromatic nitrogens is 1. The van der Waals surface area contributed by atoms with E-state index in [1.54, 1.807) is 12.1 Å². The highest BCUT2D eigenvalue weighted by Gasteiger charge is 2.16. The lowest BCUT2D eigenvalue weighted by Gasteiger charge is -2.09. The van der Waals surface area contributed by atoms with Gasteiger partial charge in [-0.15, -0.1) is 11.3 Å². The van der Waals surface area contributed by atoms with E-state index in [1.165, 1.54) is 35.6 Å². The van der Waals surface area contributed by atoms with Crippen LogP contribution in [0, 0.1) is 6.92 Å². The largest absolute Gasteiger partial charge is 0.298 e. The van der Waals surface area contributed by atoms with Gasteiger partial charge in [0, 0.05) is 16.6 Å². The summed E-state index contributed by atoms with van der Waals surface area (Å²) in [6.45, 7) is 3.92. The van der Waals surface area contributed by atoms with Gasteiger partial charge >= 0.3 is 0 Å². The average molecular weight is 402 g/mol. The zero-order valence-corrected chi connectivity index (χ0v) is 16.5. The van der Waals surface area contributed by atoms with E-state index in [1.807, 2.05) is 31.4 Å². The third-order valence-electron chi connectivity index (χ3n) is 3.87. The van der Waals surface area contributed by atoms with Gasteiger partial charge in [0.2, 0.25) is 0 Å². The fourth-order valence-corrected chi connectivity index (χ4v) is 4.16. The van der Waals surface area contributed by atoms with Crippen LogP contribution in [-0.2, 0) is 16.4 Å². The maximum absolute atomic E-state index is 12.5. The van der Waals surface area contributed by atoms with Crippen molar-refractivity contribution in [3.05, 3.63) is 70.7 Å². The van der Waals surface area contributed by atoms with Gasteiger partial charge in [0.1, 0.15) is 0 Å². The normalized spacial score (nSPS) is 11.2. The number of thiazole rings is 1. The Kier molecular flexibility index (Phi) is 5.57. The summed E-state index contributed by atoms with van der Waals surface area (Å²) in [5, 5.41) is 5.13. The Labute approximate surface area is 162 Å². The van der Waals surface area contributed by atoms with Crippen LogP contribution < -0.4 is 10.0 Å². The predicted molar refractivity (Wildman–Crippen MR) is 108 cm³/mol. The predicted octanol–water partition coefficient (Wildman–Crippen LogP) is 4.07. The van der Waals surface area contributed by atoms with Gasteiger partial charge in [-0.05, 0) is 49.7 Å². The molecule has 3 rings (SSSR count). The van der Waals surface area contributed by atoms with E-state index in [-0.39, 0.29) is 10.8 Å². The van der Waals surface area contributed by atoms with Crippen molar-refractivity contribution < 1.29 is 13.2 Å². The molecule has 0 unspecified atom stereocenters.